The SMILES string of the molecule is COc1ccc(C)cc1NC(=O)C[C@H]1C(=O)Nc2nc(-c3ccc(Cl)cc3)nn21. The molecule has 0 bridgehead atoms. The second-order valence-electron chi connectivity index (χ2n) is 6.67. The Morgan fingerprint density at radius 2 is 2.03 bits per heavy atom. The molecule has 9 heteroatoms. The van der Waals surface area contributed by atoms with E-state index in [-0.39, 0.29) is 18.2 Å². The fourth-order valence-electron chi connectivity index (χ4n) is 3.13. The smallest absolute Gasteiger partial charge is 0.252 e. The van der Waals surface area contributed by atoms with Crippen LogP contribution in [0.4, 0.5) is 11.6 Å². The largest absolute Gasteiger partial charge is 0.495 e. The molecular weight excluding hydrogens is 394 g/mol. The number of anilines is 2. The van der Waals surface area contributed by atoms with E-state index in [1.54, 1.807) is 30.3 Å². The summed E-state index contributed by atoms with van der Waals surface area (Å²) in [7, 11) is 1.53. The van der Waals surface area contributed by atoms with E-state index in [1.165, 1.54) is 11.8 Å². The van der Waals surface area contributed by atoms with Crippen molar-refractivity contribution < 1.29 is 14.3 Å². The van der Waals surface area contributed by atoms with Crippen molar-refractivity contribution in [3.05, 3.63) is 53.1 Å². The van der Waals surface area contributed by atoms with Crippen LogP contribution in [0.3, 0.4) is 0 Å². The average Bonchev–Trinajstić information content (AvgIpc) is 3.21. The van der Waals surface area contributed by atoms with E-state index in [4.69, 9.17) is 16.3 Å². The first-order valence-electron chi connectivity index (χ1n) is 8.92. The van der Waals surface area contributed by atoms with Gasteiger partial charge in [0.25, 0.3) is 5.91 Å². The van der Waals surface area contributed by atoms with Crippen molar-refractivity contribution in [1.29, 1.82) is 0 Å². The number of rotatable bonds is 5. The highest BCUT2D eigenvalue weighted by Crippen LogP contribution is 2.30. The summed E-state index contributed by atoms with van der Waals surface area (Å²) in [6.45, 7) is 1.92. The van der Waals surface area contributed by atoms with Gasteiger partial charge in [-0.2, -0.15) is 4.98 Å². The molecule has 3 aromatic rings. The Balaban J connectivity index is 1.53. The van der Waals surface area contributed by atoms with Crippen molar-refractivity contribution in [3.8, 4) is 17.1 Å². The molecule has 0 unspecified atom stereocenters. The number of fused-ring (bicyclic) bond motifs is 1. The molecule has 0 saturated carbocycles. The zero-order valence-electron chi connectivity index (χ0n) is 15.8. The minimum Gasteiger partial charge on any atom is -0.495 e. The summed E-state index contributed by atoms with van der Waals surface area (Å²) >= 11 is 5.92. The first kappa shape index (κ1) is 18.9. The quantitative estimate of drug-likeness (QED) is 0.670. The van der Waals surface area contributed by atoms with Gasteiger partial charge in [-0.05, 0) is 48.9 Å². The number of hydrogen-bond acceptors (Lipinski definition) is 5. The summed E-state index contributed by atoms with van der Waals surface area (Å²) in [5, 5.41) is 10.5. The van der Waals surface area contributed by atoms with Gasteiger partial charge in [0, 0.05) is 10.6 Å². The summed E-state index contributed by atoms with van der Waals surface area (Å²) in [6, 6.07) is 11.8. The second kappa shape index (κ2) is 7.56. The highest BCUT2D eigenvalue weighted by atomic mass is 35.5. The van der Waals surface area contributed by atoms with Gasteiger partial charge in [0.15, 0.2) is 5.82 Å². The molecule has 1 aromatic heterocycles. The van der Waals surface area contributed by atoms with Gasteiger partial charge in [0.1, 0.15) is 11.8 Å². The molecule has 8 nitrogen and oxygen atoms in total. The Morgan fingerprint density at radius 3 is 2.76 bits per heavy atom. The van der Waals surface area contributed by atoms with E-state index >= 15 is 0 Å². The molecule has 1 aliphatic heterocycles. The number of carbonyl (C=O) groups excluding carboxylic acids is 2. The molecule has 2 aromatic carbocycles. The first-order chi connectivity index (χ1) is 13.9. The second-order valence-corrected chi connectivity index (χ2v) is 7.11. The van der Waals surface area contributed by atoms with Crippen LogP contribution in [0.15, 0.2) is 42.5 Å². The standard InChI is InChI=1S/C20H18ClN5O3/c1-11-3-8-16(29-2)14(9-11)22-17(27)10-15-19(28)24-20-23-18(25-26(15)20)12-4-6-13(21)7-5-12/h3-9,15H,10H2,1-2H3,(H,22,27)(H,23,24,25,28)/t15-/m0/s1. The number of halogens is 1. The molecular formula is C20H18ClN5O3. The molecule has 2 heterocycles. The number of benzene rings is 2. The van der Waals surface area contributed by atoms with Gasteiger partial charge in [-0.3, -0.25) is 14.9 Å². The van der Waals surface area contributed by atoms with E-state index in [0.29, 0.717) is 28.2 Å². The monoisotopic (exact) mass is 411 g/mol. The molecule has 29 heavy (non-hydrogen) atoms. The van der Waals surface area contributed by atoms with Gasteiger partial charge >= 0.3 is 0 Å². The molecule has 1 aliphatic rings. The van der Waals surface area contributed by atoms with Gasteiger partial charge < -0.3 is 10.1 Å². The lowest BCUT2D eigenvalue weighted by Crippen LogP contribution is -2.24. The first-order valence-corrected chi connectivity index (χ1v) is 9.30. The molecule has 1 atom stereocenters. The van der Waals surface area contributed by atoms with Crippen molar-refractivity contribution >= 4 is 35.1 Å². The number of hydrogen-bond donors (Lipinski definition) is 2. The molecule has 0 saturated heterocycles. The maximum Gasteiger partial charge on any atom is 0.252 e. The highest BCUT2D eigenvalue weighted by Gasteiger charge is 2.35. The van der Waals surface area contributed by atoms with Crippen LogP contribution >= 0.6 is 11.6 Å². The van der Waals surface area contributed by atoms with Crippen LogP contribution in [0.2, 0.25) is 5.02 Å². The third kappa shape index (κ3) is 3.79. The fourth-order valence-corrected chi connectivity index (χ4v) is 3.25. The van der Waals surface area contributed by atoms with Crippen molar-refractivity contribution in [2.45, 2.75) is 19.4 Å². The Kier molecular flexibility index (Phi) is 4.94. The van der Waals surface area contributed by atoms with Gasteiger partial charge in [-0.15, -0.1) is 5.10 Å². The number of nitrogens with one attached hydrogen (secondary N) is 2. The van der Waals surface area contributed by atoms with E-state index in [2.05, 4.69) is 20.7 Å². The molecule has 148 valence electrons. The third-order valence-electron chi connectivity index (χ3n) is 4.57. The number of nitrogens with zero attached hydrogens (tertiary/aromatic N) is 3. The van der Waals surface area contributed by atoms with Crippen molar-refractivity contribution in [2.75, 3.05) is 17.7 Å². The minimum atomic E-state index is -0.783. The minimum absolute atomic E-state index is 0.0840. The maximum atomic E-state index is 12.6. The van der Waals surface area contributed by atoms with Crippen molar-refractivity contribution in [3.63, 3.8) is 0 Å². The van der Waals surface area contributed by atoms with Gasteiger partial charge in [-0.25, -0.2) is 4.68 Å². The fraction of sp³-hybridized carbons (Fsp3) is 0.200. The lowest BCUT2D eigenvalue weighted by molar-refractivity contribution is -0.123. The topological polar surface area (TPSA) is 98.1 Å². The van der Waals surface area contributed by atoms with Crippen LogP contribution in [0.1, 0.15) is 18.0 Å². The van der Waals surface area contributed by atoms with E-state index in [9.17, 15) is 9.59 Å². The van der Waals surface area contributed by atoms with Crippen LogP contribution in [-0.2, 0) is 9.59 Å². The Labute approximate surface area is 171 Å². The lowest BCUT2D eigenvalue weighted by Gasteiger charge is -2.13. The summed E-state index contributed by atoms with van der Waals surface area (Å²) in [4.78, 5) is 29.3. The Hall–Kier alpha value is -3.39. The Morgan fingerprint density at radius 1 is 1.28 bits per heavy atom. The molecule has 0 spiro atoms. The van der Waals surface area contributed by atoms with Crippen LogP contribution in [-0.4, -0.2) is 33.7 Å². The number of methoxy groups -OCH3 is 1. The molecule has 4 rings (SSSR count). The zero-order chi connectivity index (χ0) is 20.5. The van der Waals surface area contributed by atoms with Crippen molar-refractivity contribution in [1.82, 2.24) is 14.8 Å². The van der Waals surface area contributed by atoms with E-state index < -0.39 is 6.04 Å². The zero-order valence-corrected chi connectivity index (χ0v) is 16.5. The number of aryl methyl sites for hydroxylation is 1. The summed E-state index contributed by atoms with van der Waals surface area (Å²) in [6.07, 6.45) is -0.0840. The average molecular weight is 412 g/mol. The Bertz CT molecular complexity index is 1090. The van der Waals surface area contributed by atoms with Gasteiger partial charge in [0.05, 0.1) is 19.2 Å². The lowest BCUT2D eigenvalue weighted by atomic mass is 10.1. The van der Waals surface area contributed by atoms with Crippen LogP contribution in [0.25, 0.3) is 11.4 Å². The molecule has 0 radical (unpaired) electrons. The number of aromatic nitrogens is 3. The summed E-state index contributed by atoms with van der Waals surface area (Å²) in [5.41, 5.74) is 2.29. The maximum absolute atomic E-state index is 12.6. The molecule has 2 amide bonds. The van der Waals surface area contributed by atoms with Crippen LogP contribution in [0, 0.1) is 6.92 Å². The van der Waals surface area contributed by atoms with Gasteiger partial charge in [0.2, 0.25) is 11.9 Å². The molecule has 0 fully saturated rings. The number of ether oxygens (including phenoxy) is 1. The predicted molar refractivity (Wildman–Crippen MR) is 109 cm³/mol. The summed E-state index contributed by atoms with van der Waals surface area (Å²) < 4.78 is 6.72. The van der Waals surface area contributed by atoms with Crippen LogP contribution < -0.4 is 15.4 Å². The number of carbonyl (C=O) groups is 2. The van der Waals surface area contributed by atoms with Crippen LogP contribution in [0.5, 0.6) is 5.75 Å². The molecule has 2 N–H and O–H groups in total. The summed E-state index contributed by atoms with van der Waals surface area (Å²) in [5.74, 6) is 0.652. The normalized spacial score (nSPS) is 15.0. The van der Waals surface area contributed by atoms with Gasteiger partial charge in [-0.1, -0.05) is 17.7 Å². The van der Waals surface area contributed by atoms with Crippen molar-refractivity contribution in [2.24, 2.45) is 0 Å². The predicted octanol–water partition coefficient (Wildman–Crippen LogP) is 3.44. The highest BCUT2D eigenvalue weighted by molar-refractivity contribution is 6.30. The third-order valence-corrected chi connectivity index (χ3v) is 4.83. The van der Waals surface area contributed by atoms with E-state index in [1.807, 2.05) is 19.1 Å². The van der Waals surface area contributed by atoms with E-state index in [0.717, 1.165) is 11.1 Å². The number of amides is 2. The molecule has 0 aliphatic carbocycles.